The van der Waals surface area contributed by atoms with Crippen molar-refractivity contribution in [2.75, 3.05) is 6.54 Å². The zero-order valence-corrected chi connectivity index (χ0v) is 9.71. The summed E-state index contributed by atoms with van der Waals surface area (Å²) >= 11 is 0. The molecule has 0 heterocycles. The molecule has 0 bridgehead atoms. The number of aliphatic hydroxyl groups excluding tert-OH is 1. The molecule has 1 atom stereocenters. The molecule has 1 unspecified atom stereocenters. The van der Waals surface area contributed by atoms with Gasteiger partial charge in [-0.15, -0.1) is 0 Å². The normalized spacial score (nSPS) is 12.6. The van der Waals surface area contributed by atoms with Crippen molar-refractivity contribution < 1.29 is 18.7 Å². The summed E-state index contributed by atoms with van der Waals surface area (Å²) in [6.45, 7) is 3.21. The number of hydrogen-bond acceptors (Lipinski definition) is 2. The summed E-state index contributed by atoms with van der Waals surface area (Å²) in [6.07, 6.45) is -4.68. The Kier molecular flexibility index (Phi) is 4.57. The number of hydrogen-bond donors (Lipinski definition) is 2. The van der Waals surface area contributed by atoms with E-state index in [2.05, 4.69) is 5.32 Å². The van der Waals surface area contributed by atoms with Gasteiger partial charge in [0.25, 0.3) is 12.3 Å². The van der Waals surface area contributed by atoms with Crippen LogP contribution >= 0.6 is 0 Å². The fourth-order valence-electron chi connectivity index (χ4n) is 1.45. The molecule has 5 heteroatoms. The van der Waals surface area contributed by atoms with Crippen LogP contribution in [0, 0.1) is 13.8 Å². The predicted molar refractivity (Wildman–Crippen MR) is 60.3 cm³/mol. The van der Waals surface area contributed by atoms with Crippen molar-refractivity contribution in [1.82, 2.24) is 5.32 Å². The number of rotatable bonds is 4. The summed E-state index contributed by atoms with van der Waals surface area (Å²) < 4.78 is 24.0. The van der Waals surface area contributed by atoms with Crippen LogP contribution in [0.25, 0.3) is 0 Å². The Labute approximate surface area is 98.5 Å². The fourth-order valence-corrected chi connectivity index (χ4v) is 1.45. The molecule has 0 aliphatic rings. The maximum atomic E-state index is 12.0. The van der Waals surface area contributed by atoms with Gasteiger partial charge < -0.3 is 10.4 Å². The summed E-state index contributed by atoms with van der Waals surface area (Å²) in [6, 6.07) is 5.23. The van der Waals surface area contributed by atoms with Gasteiger partial charge in [0.2, 0.25) is 0 Å². The standard InChI is InChI=1S/C12H15F2NO2/c1-7-3-4-9(8(2)5-7)12(17)15-6-10(16)11(13)14/h3-5,10-11,16H,6H2,1-2H3,(H,15,17). The van der Waals surface area contributed by atoms with Crippen LogP contribution in [-0.2, 0) is 0 Å². The second kappa shape index (κ2) is 5.72. The first-order valence-corrected chi connectivity index (χ1v) is 5.23. The lowest BCUT2D eigenvalue weighted by atomic mass is 10.1. The molecule has 17 heavy (non-hydrogen) atoms. The van der Waals surface area contributed by atoms with Crippen LogP contribution < -0.4 is 5.32 Å². The van der Waals surface area contributed by atoms with E-state index in [1.54, 1.807) is 19.1 Å². The molecular weight excluding hydrogens is 228 g/mol. The summed E-state index contributed by atoms with van der Waals surface area (Å²) in [7, 11) is 0. The van der Waals surface area contributed by atoms with E-state index < -0.39 is 25.0 Å². The monoisotopic (exact) mass is 243 g/mol. The Hall–Kier alpha value is -1.49. The molecule has 3 nitrogen and oxygen atoms in total. The van der Waals surface area contributed by atoms with Crippen LogP contribution in [0.5, 0.6) is 0 Å². The molecule has 1 rings (SSSR count). The van der Waals surface area contributed by atoms with Crippen LogP contribution in [0.1, 0.15) is 21.5 Å². The maximum Gasteiger partial charge on any atom is 0.265 e. The van der Waals surface area contributed by atoms with Crippen molar-refractivity contribution in [2.24, 2.45) is 0 Å². The molecule has 1 amide bonds. The number of alkyl halides is 2. The lowest BCUT2D eigenvalue weighted by Crippen LogP contribution is -2.36. The molecule has 0 aliphatic heterocycles. The van der Waals surface area contributed by atoms with E-state index in [4.69, 9.17) is 5.11 Å². The van der Waals surface area contributed by atoms with Gasteiger partial charge >= 0.3 is 0 Å². The number of amides is 1. The third-order valence-corrected chi connectivity index (χ3v) is 2.39. The Morgan fingerprint density at radius 3 is 2.59 bits per heavy atom. The first-order valence-electron chi connectivity index (χ1n) is 5.23. The van der Waals surface area contributed by atoms with E-state index >= 15 is 0 Å². The van der Waals surface area contributed by atoms with Crippen LogP contribution in [0.4, 0.5) is 8.78 Å². The molecule has 0 spiro atoms. The Morgan fingerprint density at radius 1 is 1.41 bits per heavy atom. The molecule has 0 aromatic heterocycles. The largest absolute Gasteiger partial charge is 0.385 e. The molecule has 1 aromatic rings. The molecule has 0 aliphatic carbocycles. The van der Waals surface area contributed by atoms with E-state index in [9.17, 15) is 13.6 Å². The minimum Gasteiger partial charge on any atom is -0.385 e. The quantitative estimate of drug-likeness (QED) is 0.845. The van der Waals surface area contributed by atoms with E-state index in [1.165, 1.54) is 0 Å². The zero-order chi connectivity index (χ0) is 13.0. The molecule has 2 N–H and O–H groups in total. The van der Waals surface area contributed by atoms with E-state index in [0.717, 1.165) is 11.1 Å². The van der Waals surface area contributed by atoms with Gasteiger partial charge in [-0.1, -0.05) is 17.7 Å². The van der Waals surface area contributed by atoms with Crippen molar-refractivity contribution in [1.29, 1.82) is 0 Å². The minimum absolute atomic E-state index is 0.428. The first kappa shape index (κ1) is 13.6. The Morgan fingerprint density at radius 2 is 2.06 bits per heavy atom. The van der Waals surface area contributed by atoms with Crippen molar-refractivity contribution in [2.45, 2.75) is 26.4 Å². The smallest absolute Gasteiger partial charge is 0.265 e. The SMILES string of the molecule is Cc1ccc(C(=O)NCC(O)C(F)F)c(C)c1. The average molecular weight is 243 g/mol. The molecule has 0 radical (unpaired) electrons. The predicted octanol–water partition coefficient (Wildman–Crippen LogP) is 1.66. The highest BCUT2D eigenvalue weighted by Gasteiger charge is 2.18. The lowest BCUT2D eigenvalue weighted by Gasteiger charge is -2.12. The van der Waals surface area contributed by atoms with Gasteiger partial charge in [-0.25, -0.2) is 8.78 Å². The van der Waals surface area contributed by atoms with Crippen LogP contribution in [0.3, 0.4) is 0 Å². The summed E-state index contributed by atoms with van der Waals surface area (Å²) in [4.78, 5) is 11.6. The van der Waals surface area contributed by atoms with E-state index in [-0.39, 0.29) is 0 Å². The second-order valence-corrected chi connectivity index (χ2v) is 3.93. The number of halogens is 2. The van der Waals surface area contributed by atoms with Gasteiger partial charge in [0.05, 0.1) is 0 Å². The number of carbonyl (C=O) groups excluding carboxylic acids is 1. The number of nitrogens with one attached hydrogen (secondary N) is 1. The summed E-state index contributed by atoms with van der Waals surface area (Å²) in [5.41, 5.74) is 2.22. The van der Waals surface area contributed by atoms with Gasteiger partial charge in [0.1, 0.15) is 6.10 Å². The number of benzene rings is 1. The topological polar surface area (TPSA) is 49.3 Å². The number of aryl methyl sites for hydroxylation is 2. The van der Waals surface area contributed by atoms with Crippen LogP contribution in [-0.4, -0.2) is 30.1 Å². The van der Waals surface area contributed by atoms with Crippen molar-refractivity contribution >= 4 is 5.91 Å². The van der Waals surface area contributed by atoms with Crippen molar-refractivity contribution in [3.63, 3.8) is 0 Å². The van der Waals surface area contributed by atoms with Gasteiger partial charge in [-0.05, 0) is 25.5 Å². The van der Waals surface area contributed by atoms with Crippen LogP contribution in [0.15, 0.2) is 18.2 Å². The lowest BCUT2D eigenvalue weighted by molar-refractivity contribution is -0.00270. The van der Waals surface area contributed by atoms with E-state index in [1.807, 2.05) is 13.0 Å². The Balaban J connectivity index is 2.64. The Bertz CT molecular complexity index is 407. The summed E-state index contributed by atoms with van der Waals surface area (Å²) in [5, 5.41) is 11.1. The number of carbonyl (C=O) groups is 1. The highest BCUT2D eigenvalue weighted by molar-refractivity contribution is 5.95. The third-order valence-electron chi connectivity index (χ3n) is 2.39. The maximum absolute atomic E-state index is 12.0. The van der Waals surface area contributed by atoms with Crippen LogP contribution in [0.2, 0.25) is 0 Å². The highest BCUT2D eigenvalue weighted by Crippen LogP contribution is 2.10. The van der Waals surface area contributed by atoms with E-state index in [0.29, 0.717) is 5.56 Å². The van der Waals surface area contributed by atoms with Gasteiger partial charge in [0, 0.05) is 12.1 Å². The molecule has 0 saturated carbocycles. The molecule has 1 aromatic carbocycles. The minimum atomic E-state index is -2.85. The van der Waals surface area contributed by atoms with Gasteiger partial charge in [-0.2, -0.15) is 0 Å². The first-order chi connectivity index (χ1) is 7.91. The summed E-state index contributed by atoms with van der Waals surface area (Å²) in [5.74, 6) is -0.456. The molecule has 0 fully saturated rings. The van der Waals surface area contributed by atoms with Gasteiger partial charge in [-0.3, -0.25) is 4.79 Å². The molecule has 94 valence electrons. The molecule has 0 saturated heterocycles. The third kappa shape index (κ3) is 3.78. The number of aliphatic hydroxyl groups is 1. The van der Waals surface area contributed by atoms with Gasteiger partial charge in [0.15, 0.2) is 0 Å². The zero-order valence-electron chi connectivity index (χ0n) is 9.71. The highest BCUT2D eigenvalue weighted by atomic mass is 19.3. The van der Waals surface area contributed by atoms with Crippen molar-refractivity contribution in [3.8, 4) is 0 Å². The van der Waals surface area contributed by atoms with Crippen molar-refractivity contribution in [3.05, 3.63) is 34.9 Å². The average Bonchev–Trinajstić information content (AvgIpc) is 2.25. The molecular formula is C12H15F2NO2. The fraction of sp³-hybridized carbons (Fsp3) is 0.417. The second-order valence-electron chi connectivity index (χ2n) is 3.93.